The summed E-state index contributed by atoms with van der Waals surface area (Å²) < 4.78 is 6.33. The summed E-state index contributed by atoms with van der Waals surface area (Å²) in [6.45, 7) is 11.5. The molecule has 1 atom stereocenters. The summed E-state index contributed by atoms with van der Waals surface area (Å²) in [6, 6.07) is 1.24. The van der Waals surface area contributed by atoms with Gasteiger partial charge in [-0.15, -0.1) is 0 Å². The summed E-state index contributed by atoms with van der Waals surface area (Å²) in [7, 11) is -1.35. The number of hydrogen-bond donors (Lipinski definition) is 0. The smallest absolute Gasteiger partial charge is 0.186 e. The molecule has 0 rings (SSSR count). The minimum Gasteiger partial charge on any atom is -0.414 e. The van der Waals surface area contributed by atoms with Crippen molar-refractivity contribution < 1.29 is 4.43 Å². The van der Waals surface area contributed by atoms with Crippen LogP contribution in [0.15, 0.2) is 0 Å². The quantitative estimate of drug-likeness (QED) is 0.276. The Kier molecular flexibility index (Phi) is 12.1. The lowest BCUT2D eigenvalue weighted by molar-refractivity contribution is 0.173. The van der Waals surface area contributed by atoms with Crippen molar-refractivity contribution in [3.63, 3.8) is 0 Å². The van der Waals surface area contributed by atoms with E-state index in [1.54, 1.807) is 0 Å². The Morgan fingerprint density at radius 2 is 1.32 bits per heavy atom. The van der Waals surface area contributed by atoms with Crippen LogP contribution < -0.4 is 0 Å². The van der Waals surface area contributed by atoms with Crippen LogP contribution in [0.1, 0.15) is 85.0 Å². The van der Waals surface area contributed by atoms with E-state index in [4.69, 9.17) is 4.43 Å². The molecule has 0 radical (unpaired) electrons. The zero-order chi connectivity index (χ0) is 14.6. The highest BCUT2D eigenvalue weighted by atomic mass is 28.4. The Labute approximate surface area is 123 Å². The van der Waals surface area contributed by atoms with Crippen LogP contribution in [0.5, 0.6) is 0 Å². The third-order valence-corrected chi connectivity index (χ3v) is 6.85. The molecule has 19 heavy (non-hydrogen) atoms. The van der Waals surface area contributed by atoms with Gasteiger partial charge in [-0.3, -0.25) is 0 Å². The molecule has 0 N–H and O–H groups in total. The monoisotopic (exact) mass is 286 g/mol. The molecule has 0 spiro atoms. The van der Waals surface area contributed by atoms with E-state index in [1.165, 1.54) is 70.3 Å². The fourth-order valence-corrected chi connectivity index (χ4v) is 3.74. The van der Waals surface area contributed by atoms with Crippen molar-refractivity contribution in [2.75, 3.05) is 0 Å². The Balaban J connectivity index is 3.51. The Morgan fingerprint density at radius 1 is 0.789 bits per heavy atom. The SMILES string of the molecule is CCCCCCCCCCC(CC)O[Si](C)(C)CC. The van der Waals surface area contributed by atoms with Crippen molar-refractivity contribution >= 4 is 8.32 Å². The topological polar surface area (TPSA) is 9.23 Å². The molecule has 0 aliphatic heterocycles. The molecule has 2 heteroatoms. The molecule has 0 aliphatic carbocycles. The van der Waals surface area contributed by atoms with E-state index in [2.05, 4.69) is 33.9 Å². The molecule has 0 bridgehead atoms. The normalized spacial score (nSPS) is 13.7. The molecular formula is C17H38OSi. The lowest BCUT2D eigenvalue weighted by Crippen LogP contribution is -2.34. The van der Waals surface area contributed by atoms with Gasteiger partial charge in [0.15, 0.2) is 8.32 Å². The second-order valence-corrected chi connectivity index (χ2v) is 11.0. The molecule has 0 aromatic heterocycles. The van der Waals surface area contributed by atoms with Crippen LogP contribution in [0.2, 0.25) is 19.1 Å². The van der Waals surface area contributed by atoms with Crippen molar-refractivity contribution in [1.82, 2.24) is 0 Å². The molecule has 1 nitrogen and oxygen atoms in total. The average Bonchev–Trinajstić information content (AvgIpc) is 2.40. The predicted molar refractivity (Wildman–Crippen MR) is 90.4 cm³/mol. The van der Waals surface area contributed by atoms with Crippen LogP contribution in [0.4, 0.5) is 0 Å². The molecule has 116 valence electrons. The summed E-state index contributed by atoms with van der Waals surface area (Å²) >= 11 is 0. The van der Waals surface area contributed by atoms with Gasteiger partial charge < -0.3 is 4.43 Å². The van der Waals surface area contributed by atoms with Crippen LogP contribution in [-0.2, 0) is 4.43 Å². The summed E-state index contributed by atoms with van der Waals surface area (Å²) in [5, 5.41) is 0. The maximum Gasteiger partial charge on any atom is 0.186 e. The molecule has 0 saturated heterocycles. The Morgan fingerprint density at radius 3 is 1.79 bits per heavy atom. The Bertz CT molecular complexity index is 192. The first kappa shape index (κ1) is 19.2. The maximum atomic E-state index is 6.33. The number of hydrogen-bond acceptors (Lipinski definition) is 1. The first-order valence-corrected chi connectivity index (χ1v) is 11.8. The van der Waals surface area contributed by atoms with Crippen molar-refractivity contribution in [1.29, 1.82) is 0 Å². The van der Waals surface area contributed by atoms with Gasteiger partial charge in [0.1, 0.15) is 0 Å². The fraction of sp³-hybridized carbons (Fsp3) is 1.00. The van der Waals surface area contributed by atoms with E-state index < -0.39 is 8.32 Å². The van der Waals surface area contributed by atoms with Crippen LogP contribution in [0, 0.1) is 0 Å². The highest BCUT2D eigenvalue weighted by molar-refractivity contribution is 6.71. The number of rotatable bonds is 13. The zero-order valence-corrected chi connectivity index (χ0v) is 15.3. The van der Waals surface area contributed by atoms with E-state index in [0.717, 1.165) is 0 Å². The molecule has 0 aliphatic rings. The van der Waals surface area contributed by atoms with Gasteiger partial charge in [-0.1, -0.05) is 72.1 Å². The molecule has 1 unspecified atom stereocenters. The van der Waals surface area contributed by atoms with Gasteiger partial charge in [-0.05, 0) is 32.0 Å². The van der Waals surface area contributed by atoms with E-state index >= 15 is 0 Å². The van der Waals surface area contributed by atoms with Crippen LogP contribution >= 0.6 is 0 Å². The van der Waals surface area contributed by atoms with Gasteiger partial charge in [0, 0.05) is 6.10 Å². The average molecular weight is 287 g/mol. The maximum absolute atomic E-state index is 6.33. The van der Waals surface area contributed by atoms with Gasteiger partial charge in [0.2, 0.25) is 0 Å². The van der Waals surface area contributed by atoms with Gasteiger partial charge in [0.25, 0.3) is 0 Å². The molecule has 0 heterocycles. The molecule has 0 fully saturated rings. The van der Waals surface area contributed by atoms with Crippen LogP contribution in [0.3, 0.4) is 0 Å². The second kappa shape index (κ2) is 12.0. The van der Waals surface area contributed by atoms with Gasteiger partial charge in [-0.25, -0.2) is 0 Å². The second-order valence-electron chi connectivity index (χ2n) is 6.52. The van der Waals surface area contributed by atoms with E-state index in [0.29, 0.717) is 6.10 Å². The van der Waals surface area contributed by atoms with Gasteiger partial charge >= 0.3 is 0 Å². The minimum absolute atomic E-state index is 0.529. The zero-order valence-electron chi connectivity index (χ0n) is 14.3. The molecule has 0 saturated carbocycles. The third kappa shape index (κ3) is 11.7. The summed E-state index contributed by atoms with van der Waals surface area (Å²) in [4.78, 5) is 0. The highest BCUT2D eigenvalue weighted by Gasteiger charge is 2.23. The molecule has 0 aromatic carbocycles. The summed E-state index contributed by atoms with van der Waals surface area (Å²) in [5.41, 5.74) is 0. The first-order chi connectivity index (χ1) is 9.05. The van der Waals surface area contributed by atoms with Gasteiger partial charge in [0.05, 0.1) is 0 Å². The fourth-order valence-electron chi connectivity index (χ4n) is 2.39. The highest BCUT2D eigenvalue weighted by Crippen LogP contribution is 2.19. The third-order valence-electron chi connectivity index (χ3n) is 4.17. The first-order valence-electron chi connectivity index (χ1n) is 8.73. The van der Waals surface area contributed by atoms with Crippen molar-refractivity contribution in [3.8, 4) is 0 Å². The summed E-state index contributed by atoms with van der Waals surface area (Å²) in [6.07, 6.45) is 14.3. The van der Waals surface area contributed by atoms with Crippen LogP contribution in [-0.4, -0.2) is 14.4 Å². The van der Waals surface area contributed by atoms with Crippen molar-refractivity contribution in [2.24, 2.45) is 0 Å². The lowest BCUT2D eigenvalue weighted by atomic mass is 10.0. The summed E-state index contributed by atoms with van der Waals surface area (Å²) in [5.74, 6) is 0. The van der Waals surface area contributed by atoms with Crippen molar-refractivity contribution in [3.05, 3.63) is 0 Å². The van der Waals surface area contributed by atoms with Crippen molar-refractivity contribution in [2.45, 2.75) is 110 Å². The Hall–Kier alpha value is 0.177. The van der Waals surface area contributed by atoms with E-state index in [9.17, 15) is 0 Å². The van der Waals surface area contributed by atoms with Crippen LogP contribution in [0.25, 0.3) is 0 Å². The molecule has 0 amide bonds. The van der Waals surface area contributed by atoms with Gasteiger partial charge in [-0.2, -0.15) is 0 Å². The molecular weight excluding hydrogens is 248 g/mol. The lowest BCUT2D eigenvalue weighted by Gasteiger charge is -2.28. The van der Waals surface area contributed by atoms with E-state index in [-0.39, 0.29) is 0 Å². The molecule has 0 aromatic rings. The number of unbranched alkanes of at least 4 members (excludes halogenated alkanes) is 7. The predicted octanol–water partition coefficient (Wildman–Crippen LogP) is 6.54. The standard InChI is InChI=1S/C17H38OSi/c1-6-9-10-11-12-13-14-15-16-17(7-2)18-19(4,5)8-3/h17H,6-16H2,1-5H3. The van der Waals surface area contributed by atoms with E-state index in [1.807, 2.05) is 0 Å². The largest absolute Gasteiger partial charge is 0.414 e. The minimum atomic E-state index is -1.35.